The Bertz CT molecular complexity index is 1310. The van der Waals surface area contributed by atoms with Crippen molar-refractivity contribution in [2.75, 3.05) is 61.3 Å². The summed E-state index contributed by atoms with van der Waals surface area (Å²) in [7, 11) is 0. The minimum atomic E-state index is -0.846. The van der Waals surface area contributed by atoms with E-state index in [0.29, 0.717) is 37.1 Å². The first-order valence-electron chi connectivity index (χ1n) is 12.6. The van der Waals surface area contributed by atoms with Gasteiger partial charge in [-0.2, -0.15) is 15.1 Å². The third kappa shape index (κ3) is 5.81. The smallest absolute Gasteiger partial charge is 0.257 e. The molecule has 1 atom stereocenters. The van der Waals surface area contributed by atoms with Crippen molar-refractivity contribution in [3.05, 3.63) is 52.2 Å². The monoisotopic (exact) mass is 545 g/mol. The molecular weight excluding hydrogens is 516 g/mol. The number of nitrogens with zero attached hydrogens (tertiary/aromatic N) is 6. The number of rotatable bonds is 7. The van der Waals surface area contributed by atoms with Gasteiger partial charge in [0.05, 0.1) is 10.6 Å². The molecule has 0 saturated carbocycles. The second kappa shape index (κ2) is 11.1. The third-order valence-corrected chi connectivity index (χ3v) is 7.16. The van der Waals surface area contributed by atoms with Crippen molar-refractivity contribution in [3.63, 3.8) is 0 Å². The number of halogens is 3. The van der Waals surface area contributed by atoms with Crippen LogP contribution in [0, 0.1) is 18.6 Å². The van der Waals surface area contributed by atoms with E-state index in [1.54, 1.807) is 0 Å². The predicted octanol–water partition coefficient (Wildman–Crippen LogP) is 3.65. The van der Waals surface area contributed by atoms with Crippen LogP contribution in [0.2, 0.25) is 5.02 Å². The molecule has 5 rings (SSSR count). The highest BCUT2D eigenvalue weighted by Crippen LogP contribution is 2.25. The molecular formula is C25H30ClF2N9O. The maximum Gasteiger partial charge on any atom is 0.257 e. The van der Waals surface area contributed by atoms with E-state index >= 15 is 0 Å². The van der Waals surface area contributed by atoms with Crippen LogP contribution in [-0.4, -0.2) is 87.7 Å². The van der Waals surface area contributed by atoms with Crippen molar-refractivity contribution in [2.45, 2.75) is 26.3 Å². The molecule has 4 heterocycles. The Morgan fingerprint density at radius 3 is 2.58 bits per heavy atom. The number of aromatic amines is 1. The van der Waals surface area contributed by atoms with E-state index in [1.165, 1.54) is 4.90 Å². The Morgan fingerprint density at radius 2 is 1.87 bits per heavy atom. The van der Waals surface area contributed by atoms with Crippen molar-refractivity contribution in [2.24, 2.45) is 0 Å². The summed E-state index contributed by atoms with van der Waals surface area (Å²) in [5.74, 6) is 0.178. The average molecular weight is 546 g/mol. The first-order valence-corrected chi connectivity index (χ1v) is 13.0. The summed E-state index contributed by atoms with van der Waals surface area (Å²) in [5.41, 5.74) is 0.585. The van der Waals surface area contributed by atoms with Crippen LogP contribution in [0.4, 0.5) is 32.2 Å². The number of carbonyl (C=O) groups is 1. The largest absolute Gasteiger partial charge is 0.354 e. The molecule has 0 aliphatic carbocycles. The van der Waals surface area contributed by atoms with Crippen LogP contribution in [0.5, 0.6) is 0 Å². The summed E-state index contributed by atoms with van der Waals surface area (Å²) < 4.78 is 28.2. The van der Waals surface area contributed by atoms with Gasteiger partial charge in [0, 0.05) is 63.1 Å². The van der Waals surface area contributed by atoms with E-state index in [2.05, 4.69) is 42.5 Å². The molecule has 38 heavy (non-hydrogen) atoms. The average Bonchev–Trinajstić information content (AvgIpc) is 3.54. The maximum absolute atomic E-state index is 14.3. The fourth-order valence-electron chi connectivity index (χ4n) is 4.73. The minimum absolute atomic E-state index is 0.160. The standard InChI is InChI=1S/C25H30ClF2N9O/c1-3-35-6-8-36(9-7-35)23-13-21(30-22-10-15(2)33-34-22)31-25(32-23)29-16-4-5-37(14-16)24(38)17-11-20(28)18(26)12-19(17)27/h10-13,16H,3-9,14H2,1-2H3,(H3,29,30,31,32,33,34)/t16-/m0/s1. The van der Waals surface area contributed by atoms with Gasteiger partial charge in [-0.1, -0.05) is 18.5 Å². The number of benzene rings is 1. The zero-order valence-electron chi connectivity index (χ0n) is 21.3. The van der Waals surface area contributed by atoms with Gasteiger partial charge in [0.2, 0.25) is 5.95 Å². The number of likely N-dealkylation sites (tertiary alicyclic amines) is 1. The van der Waals surface area contributed by atoms with E-state index < -0.39 is 17.5 Å². The number of hydrogen-bond donors (Lipinski definition) is 3. The second-order valence-electron chi connectivity index (χ2n) is 9.54. The normalized spacial score (nSPS) is 18.2. The number of piperazine rings is 1. The second-order valence-corrected chi connectivity index (χ2v) is 9.95. The van der Waals surface area contributed by atoms with Crippen LogP contribution in [0.1, 0.15) is 29.4 Å². The topological polar surface area (TPSA) is 105 Å². The lowest BCUT2D eigenvalue weighted by Crippen LogP contribution is -2.46. The fourth-order valence-corrected chi connectivity index (χ4v) is 4.88. The molecule has 0 spiro atoms. The lowest BCUT2D eigenvalue weighted by atomic mass is 10.2. The molecule has 0 bridgehead atoms. The molecule has 2 aromatic heterocycles. The zero-order valence-corrected chi connectivity index (χ0v) is 22.0. The zero-order chi connectivity index (χ0) is 26.8. The third-order valence-electron chi connectivity index (χ3n) is 6.87. The van der Waals surface area contributed by atoms with Gasteiger partial charge in [-0.3, -0.25) is 9.89 Å². The van der Waals surface area contributed by atoms with Gasteiger partial charge < -0.3 is 25.3 Å². The molecule has 2 aliphatic rings. The highest BCUT2D eigenvalue weighted by molar-refractivity contribution is 6.30. The highest BCUT2D eigenvalue weighted by atomic mass is 35.5. The summed E-state index contributed by atoms with van der Waals surface area (Å²) in [6.07, 6.45) is 0.605. The van der Waals surface area contributed by atoms with E-state index in [0.717, 1.165) is 56.4 Å². The number of likely N-dealkylation sites (N-methyl/N-ethyl adjacent to an activating group) is 1. The van der Waals surface area contributed by atoms with E-state index in [1.807, 2.05) is 19.1 Å². The van der Waals surface area contributed by atoms with Gasteiger partial charge in [0.1, 0.15) is 23.3 Å². The van der Waals surface area contributed by atoms with Crippen LogP contribution >= 0.6 is 11.6 Å². The Balaban J connectivity index is 1.32. The van der Waals surface area contributed by atoms with Crippen molar-refractivity contribution in [1.29, 1.82) is 0 Å². The summed E-state index contributed by atoms with van der Waals surface area (Å²) in [5, 5.41) is 13.4. The molecule has 1 aromatic carbocycles. The lowest BCUT2D eigenvalue weighted by molar-refractivity contribution is 0.0786. The number of amides is 1. The Labute approximate surface area is 224 Å². The van der Waals surface area contributed by atoms with Crippen molar-refractivity contribution in [1.82, 2.24) is 30.0 Å². The predicted molar refractivity (Wildman–Crippen MR) is 142 cm³/mol. The van der Waals surface area contributed by atoms with Crippen molar-refractivity contribution >= 4 is 40.9 Å². The number of carbonyl (C=O) groups excluding carboxylic acids is 1. The number of aryl methyl sites for hydroxylation is 1. The Morgan fingerprint density at radius 1 is 1.08 bits per heavy atom. The molecule has 3 N–H and O–H groups in total. The first-order chi connectivity index (χ1) is 18.3. The first kappa shape index (κ1) is 26.1. The molecule has 1 amide bonds. The van der Waals surface area contributed by atoms with Gasteiger partial charge in [-0.15, -0.1) is 0 Å². The molecule has 0 radical (unpaired) electrons. The fraction of sp³-hybridized carbons (Fsp3) is 0.440. The maximum atomic E-state index is 14.3. The van der Waals surface area contributed by atoms with E-state index in [9.17, 15) is 13.6 Å². The molecule has 2 fully saturated rings. The van der Waals surface area contributed by atoms with Gasteiger partial charge in [0.15, 0.2) is 5.82 Å². The van der Waals surface area contributed by atoms with Crippen LogP contribution in [0.25, 0.3) is 0 Å². The summed E-state index contributed by atoms with van der Waals surface area (Å²) >= 11 is 5.63. The molecule has 2 saturated heterocycles. The molecule has 13 heteroatoms. The molecule has 10 nitrogen and oxygen atoms in total. The molecule has 202 valence electrons. The SMILES string of the molecule is CCN1CCN(c2cc(Nc3cc(C)[nH]n3)nc(N[C@H]3CCN(C(=O)c4cc(F)c(Cl)cc4F)C3)n2)CC1. The number of hydrogen-bond acceptors (Lipinski definition) is 8. The van der Waals surface area contributed by atoms with E-state index in [4.69, 9.17) is 16.6 Å². The van der Waals surface area contributed by atoms with Crippen LogP contribution in [-0.2, 0) is 0 Å². The number of aromatic nitrogens is 4. The van der Waals surface area contributed by atoms with Crippen molar-refractivity contribution < 1.29 is 13.6 Å². The van der Waals surface area contributed by atoms with E-state index in [-0.39, 0.29) is 16.6 Å². The summed E-state index contributed by atoms with van der Waals surface area (Å²) in [6, 6.07) is 5.30. The van der Waals surface area contributed by atoms with Gasteiger partial charge in [-0.05, 0) is 32.0 Å². The number of anilines is 4. The lowest BCUT2D eigenvalue weighted by Gasteiger charge is -2.35. The van der Waals surface area contributed by atoms with Gasteiger partial charge >= 0.3 is 0 Å². The Hall–Kier alpha value is -3.51. The Kier molecular flexibility index (Phi) is 7.61. The highest BCUT2D eigenvalue weighted by Gasteiger charge is 2.30. The molecule has 3 aromatic rings. The van der Waals surface area contributed by atoms with Crippen molar-refractivity contribution in [3.8, 4) is 0 Å². The molecule has 0 unspecified atom stereocenters. The van der Waals surface area contributed by atoms with Crippen LogP contribution in [0.15, 0.2) is 24.3 Å². The van der Waals surface area contributed by atoms with Gasteiger partial charge in [-0.25, -0.2) is 8.78 Å². The number of nitrogens with one attached hydrogen (secondary N) is 3. The summed E-state index contributed by atoms with van der Waals surface area (Å²) in [6.45, 7) is 9.37. The summed E-state index contributed by atoms with van der Waals surface area (Å²) in [4.78, 5) is 28.4. The minimum Gasteiger partial charge on any atom is -0.354 e. The van der Waals surface area contributed by atoms with Gasteiger partial charge in [0.25, 0.3) is 5.91 Å². The van der Waals surface area contributed by atoms with Crippen LogP contribution in [0.3, 0.4) is 0 Å². The number of H-pyrrole nitrogens is 1. The quantitative estimate of drug-likeness (QED) is 0.386. The van der Waals surface area contributed by atoms with Crippen LogP contribution < -0.4 is 15.5 Å². The molecule has 2 aliphatic heterocycles.